The Morgan fingerprint density at radius 2 is 1.71 bits per heavy atom. The Morgan fingerprint density at radius 1 is 1.02 bits per heavy atom. The number of urea groups is 1. The monoisotopic (exact) mass is 627 g/mol. The maximum Gasteiger partial charge on any atom is 0.416 e. The van der Waals surface area contributed by atoms with E-state index in [4.69, 9.17) is 9.47 Å². The summed E-state index contributed by atoms with van der Waals surface area (Å²) >= 11 is 0. The van der Waals surface area contributed by atoms with Crippen molar-refractivity contribution in [2.75, 3.05) is 58.4 Å². The van der Waals surface area contributed by atoms with Crippen molar-refractivity contribution < 1.29 is 36.6 Å². The van der Waals surface area contributed by atoms with Crippen molar-refractivity contribution in [1.29, 1.82) is 0 Å². The molecule has 1 fully saturated rings. The average Bonchev–Trinajstić information content (AvgIpc) is 3.49. The Labute approximate surface area is 258 Å². The van der Waals surface area contributed by atoms with E-state index >= 15 is 0 Å². The summed E-state index contributed by atoms with van der Waals surface area (Å²) in [4.78, 5) is 30.9. The molecule has 5 rings (SSSR count). The first-order valence-corrected chi connectivity index (χ1v) is 14.4. The van der Waals surface area contributed by atoms with Crippen molar-refractivity contribution in [2.45, 2.75) is 18.6 Å². The number of amides is 3. The zero-order valence-corrected chi connectivity index (χ0v) is 24.6. The highest BCUT2D eigenvalue weighted by molar-refractivity contribution is 6.03. The van der Waals surface area contributed by atoms with Gasteiger partial charge in [0.2, 0.25) is 0 Å². The molecule has 238 valence electrons. The Bertz CT molecular complexity index is 1510. The number of ether oxygens (including phenoxy) is 2. The topological polar surface area (TPSA) is 86.7 Å². The zero-order valence-electron chi connectivity index (χ0n) is 24.6. The summed E-state index contributed by atoms with van der Waals surface area (Å²) in [5.74, 6) is -0.325. The molecule has 3 aromatic carbocycles. The number of nitrogens with one attached hydrogen (secondary N) is 1. The van der Waals surface area contributed by atoms with Crippen LogP contribution in [0.1, 0.15) is 29.2 Å². The molecule has 1 atom stereocenters. The molecule has 2 aliphatic rings. The van der Waals surface area contributed by atoms with Gasteiger partial charge in [0.05, 0.1) is 37.6 Å². The van der Waals surface area contributed by atoms with E-state index < -0.39 is 35.5 Å². The van der Waals surface area contributed by atoms with Crippen molar-refractivity contribution in [3.63, 3.8) is 0 Å². The second kappa shape index (κ2) is 14.1. The molecule has 0 radical (unpaired) electrons. The first kappa shape index (κ1) is 31.9. The molecule has 0 unspecified atom stereocenters. The van der Waals surface area contributed by atoms with Crippen LogP contribution in [-0.4, -0.2) is 85.5 Å². The van der Waals surface area contributed by atoms with Crippen LogP contribution >= 0.6 is 0 Å². The van der Waals surface area contributed by atoms with Crippen LogP contribution < -0.4 is 10.1 Å². The minimum atomic E-state index is -4.51. The highest BCUT2D eigenvalue weighted by Crippen LogP contribution is 2.37. The van der Waals surface area contributed by atoms with E-state index in [1.165, 1.54) is 41.3 Å². The minimum absolute atomic E-state index is 0.154. The molecule has 13 heteroatoms. The van der Waals surface area contributed by atoms with Gasteiger partial charge in [0.25, 0.3) is 5.91 Å². The summed E-state index contributed by atoms with van der Waals surface area (Å²) < 4.78 is 63.8. The third-order valence-electron chi connectivity index (χ3n) is 7.71. The Balaban J connectivity index is 1.39. The van der Waals surface area contributed by atoms with Crippen LogP contribution in [-0.2, 0) is 15.7 Å². The Morgan fingerprint density at radius 3 is 2.38 bits per heavy atom. The summed E-state index contributed by atoms with van der Waals surface area (Å²) in [6.07, 6.45) is -4.19. The fraction of sp³-hybridized carbons (Fsp3) is 0.344. The first-order valence-electron chi connectivity index (χ1n) is 14.4. The highest BCUT2D eigenvalue weighted by atomic mass is 19.4. The lowest BCUT2D eigenvalue weighted by molar-refractivity contribution is -0.137. The van der Waals surface area contributed by atoms with Gasteiger partial charge in [-0.05, 0) is 48.0 Å². The molecule has 0 spiro atoms. The maximum absolute atomic E-state index is 14.0. The minimum Gasteiger partial charge on any atom is -0.496 e. The Hall–Kier alpha value is -4.49. The van der Waals surface area contributed by atoms with Gasteiger partial charge in [-0.25, -0.2) is 14.2 Å². The fourth-order valence-electron chi connectivity index (χ4n) is 5.26. The van der Waals surface area contributed by atoms with Gasteiger partial charge in [-0.1, -0.05) is 30.3 Å². The lowest BCUT2D eigenvalue weighted by atomic mass is 9.97. The molecule has 1 saturated heterocycles. The van der Waals surface area contributed by atoms with Gasteiger partial charge in [0.15, 0.2) is 0 Å². The lowest BCUT2D eigenvalue weighted by Gasteiger charge is -2.31. The summed E-state index contributed by atoms with van der Waals surface area (Å²) in [5, 5.41) is 8.57. The van der Waals surface area contributed by atoms with Gasteiger partial charge in [0, 0.05) is 43.9 Å². The number of carbonyl (C=O) groups is 2. The molecule has 0 saturated carbocycles. The van der Waals surface area contributed by atoms with Crippen LogP contribution in [0.15, 0.2) is 77.9 Å². The second-order valence-corrected chi connectivity index (χ2v) is 10.6. The summed E-state index contributed by atoms with van der Waals surface area (Å²) in [5.41, 5.74) is 1.24. The molecule has 1 N–H and O–H groups in total. The first-order chi connectivity index (χ1) is 21.6. The van der Waals surface area contributed by atoms with Crippen molar-refractivity contribution >= 4 is 23.3 Å². The van der Waals surface area contributed by atoms with E-state index in [1.807, 2.05) is 18.2 Å². The van der Waals surface area contributed by atoms with Gasteiger partial charge in [-0.3, -0.25) is 9.69 Å². The number of benzene rings is 3. The lowest BCUT2D eigenvalue weighted by Crippen LogP contribution is -2.47. The fourth-order valence-corrected chi connectivity index (χ4v) is 5.26. The maximum atomic E-state index is 14.0. The number of rotatable bonds is 9. The van der Waals surface area contributed by atoms with Gasteiger partial charge in [-0.2, -0.15) is 18.3 Å². The van der Waals surface area contributed by atoms with Gasteiger partial charge < -0.3 is 19.7 Å². The normalized spacial score (nSPS) is 17.1. The van der Waals surface area contributed by atoms with Crippen molar-refractivity contribution in [2.24, 2.45) is 5.10 Å². The van der Waals surface area contributed by atoms with Crippen LogP contribution in [0.2, 0.25) is 0 Å². The van der Waals surface area contributed by atoms with Crippen molar-refractivity contribution in [3.05, 3.63) is 95.3 Å². The average molecular weight is 628 g/mol. The summed E-state index contributed by atoms with van der Waals surface area (Å²) in [7, 11) is 1.53. The number of nitrogens with zero attached hydrogens (tertiary/aromatic N) is 4. The quantitative estimate of drug-likeness (QED) is 0.322. The van der Waals surface area contributed by atoms with Gasteiger partial charge >= 0.3 is 12.2 Å². The van der Waals surface area contributed by atoms with E-state index in [0.717, 1.165) is 12.1 Å². The van der Waals surface area contributed by atoms with E-state index in [1.54, 1.807) is 18.2 Å². The molecule has 0 aromatic heterocycles. The van der Waals surface area contributed by atoms with Crippen LogP contribution in [0, 0.1) is 5.82 Å². The number of hydrogen-bond acceptors (Lipinski definition) is 6. The van der Waals surface area contributed by atoms with Gasteiger partial charge in [0.1, 0.15) is 18.1 Å². The highest BCUT2D eigenvalue weighted by Gasteiger charge is 2.36. The number of alkyl halides is 3. The number of morpholine rings is 1. The predicted molar refractivity (Wildman–Crippen MR) is 159 cm³/mol. The summed E-state index contributed by atoms with van der Waals surface area (Å²) in [6, 6.07) is 16.0. The van der Waals surface area contributed by atoms with Crippen LogP contribution in [0.4, 0.5) is 28.0 Å². The number of hydrazone groups is 1. The number of hydrogen-bond donors (Lipinski definition) is 1. The molecule has 9 nitrogen and oxygen atoms in total. The molecule has 0 bridgehead atoms. The molecule has 2 aliphatic heterocycles. The predicted octanol–water partition coefficient (Wildman–Crippen LogP) is 5.40. The standard InChI is InChI=1S/C32H33F4N5O4/c1-44-29-5-3-2-4-26(29)28-20-27(22-6-10-24(33)11-7-22)38-41(28)30(42)21-40(15-14-39-16-18-45-19-17-39)31(43)37-25-12-8-23(9-13-25)32(34,35)36/h2-13,28H,14-21H2,1H3,(H,37,43)/t28-/m1/s1. The third-order valence-corrected chi connectivity index (χ3v) is 7.71. The van der Waals surface area contributed by atoms with Crippen LogP contribution in [0.25, 0.3) is 0 Å². The number of halogens is 4. The largest absolute Gasteiger partial charge is 0.496 e. The molecule has 3 amide bonds. The van der Waals surface area contributed by atoms with E-state index in [9.17, 15) is 27.2 Å². The second-order valence-electron chi connectivity index (χ2n) is 10.6. The molecular formula is C32H33F4N5O4. The number of para-hydroxylation sites is 1. The van der Waals surface area contributed by atoms with Gasteiger partial charge in [-0.15, -0.1) is 0 Å². The molecular weight excluding hydrogens is 594 g/mol. The zero-order chi connectivity index (χ0) is 32.0. The number of anilines is 1. The van der Waals surface area contributed by atoms with Crippen molar-refractivity contribution in [3.8, 4) is 5.75 Å². The molecule has 45 heavy (non-hydrogen) atoms. The van der Waals surface area contributed by atoms with Crippen LogP contribution in [0.3, 0.4) is 0 Å². The van der Waals surface area contributed by atoms with Crippen LogP contribution in [0.5, 0.6) is 5.75 Å². The SMILES string of the molecule is COc1ccccc1[C@H]1CC(c2ccc(F)cc2)=NN1C(=O)CN(CCN1CCOCC1)C(=O)Nc1ccc(C(F)(F)F)cc1. The van der Waals surface area contributed by atoms with E-state index in [-0.39, 0.29) is 18.8 Å². The number of methoxy groups -OCH3 is 1. The van der Waals surface area contributed by atoms with E-state index in [2.05, 4.69) is 15.3 Å². The molecule has 3 aromatic rings. The smallest absolute Gasteiger partial charge is 0.416 e. The molecule has 0 aliphatic carbocycles. The Kier molecular flexibility index (Phi) is 9.99. The molecule has 2 heterocycles. The summed E-state index contributed by atoms with van der Waals surface area (Å²) in [6.45, 7) is 2.68. The van der Waals surface area contributed by atoms with Crippen molar-refractivity contribution in [1.82, 2.24) is 14.8 Å². The third kappa shape index (κ3) is 7.97. The number of carbonyl (C=O) groups excluding carboxylic acids is 2. The van der Waals surface area contributed by atoms with E-state index in [0.29, 0.717) is 61.9 Å².